The molecule has 4 nitrogen and oxygen atoms in total. The van der Waals surface area contributed by atoms with E-state index in [2.05, 4.69) is 48.3 Å². The molecule has 1 aliphatic rings. The lowest BCUT2D eigenvalue weighted by Crippen LogP contribution is -2.50. The molecule has 0 spiro atoms. The number of ether oxygens (including phenoxy) is 1. The molecule has 1 aromatic rings. The van der Waals surface area contributed by atoms with Crippen molar-refractivity contribution in [3.63, 3.8) is 0 Å². The van der Waals surface area contributed by atoms with Gasteiger partial charge in [0.1, 0.15) is 0 Å². The average molecular weight is 355 g/mol. The summed E-state index contributed by atoms with van der Waals surface area (Å²) in [7, 11) is 0. The number of amides is 1. The van der Waals surface area contributed by atoms with Crippen LogP contribution in [0.15, 0.2) is 30.3 Å². The molecule has 1 aliphatic heterocycles. The molecule has 1 fully saturated rings. The van der Waals surface area contributed by atoms with E-state index in [0.717, 1.165) is 39.1 Å². The fourth-order valence-electron chi connectivity index (χ4n) is 3.46. The molecule has 0 radical (unpaired) electrons. The largest absolute Gasteiger partial charge is 0.381 e. The smallest absolute Gasteiger partial charge is 0.237 e. The zero-order valence-electron chi connectivity index (χ0n) is 15.1. The first-order valence-electron chi connectivity index (χ1n) is 8.78. The number of nitrogens with one attached hydrogen (secondary N) is 1. The normalized spacial score (nSPS) is 17.8. The highest BCUT2D eigenvalue weighted by Gasteiger charge is 2.35. The van der Waals surface area contributed by atoms with E-state index in [4.69, 9.17) is 4.74 Å². The molecule has 0 aromatic heterocycles. The van der Waals surface area contributed by atoms with Crippen LogP contribution in [0.3, 0.4) is 0 Å². The molecule has 1 N–H and O–H groups in total. The van der Waals surface area contributed by atoms with Crippen LogP contribution in [0.25, 0.3) is 0 Å². The predicted octanol–water partition coefficient (Wildman–Crippen LogP) is 3.00. The lowest BCUT2D eigenvalue weighted by atomic mass is 9.74. The molecule has 24 heavy (non-hydrogen) atoms. The summed E-state index contributed by atoms with van der Waals surface area (Å²) in [4.78, 5) is 14.7. The van der Waals surface area contributed by atoms with Crippen LogP contribution < -0.4 is 5.32 Å². The van der Waals surface area contributed by atoms with Gasteiger partial charge in [-0.15, -0.1) is 12.4 Å². The maximum Gasteiger partial charge on any atom is 0.237 e. The Labute approximate surface area is 152 Å². The van der Waals surface area contributed by atoms with Gasteiger partial charge < -0.3 is 10.1 Å². The van der Waals surface area contributed by atoms with Gasteiger partial charge in [0.05, 0.1) is 6.04 Å². The monoisotopic (exact) mass is 354 g/mol. The quantitative estimate of drug-likeness (QED) is 0.818. The van der Waals surface area contributed by atoms with Gasteiger partial charge in [0, 0.05) is 25.2 Å². The van der Waals surface area contributed by atoms with Crippen molar-refractivity contribution in [3.8, 4) is 0 Å². The van der Waals surface area contributed by atoms with Crippen molar-refractivity contribution in [1.82, 2.24) is 10.2 Å². The number of carbonyl (C=O) groups excluding carboxylic acids is 1. The summed E-state index contributed by atoms with van der Waals surface area (Å²) >= 11 is 0. The molecule has 136 valence electrons. The van der Waals surface area contributed by atoms with Crippen LogP contribution >= 0.6 is 12.4 Å². The summed E-state index contributed by atoms with van der Waals surface area (Å²) in [6.07, 6.45) is 1.91. The van der Waals surface area contributed by atoms with Crippen molar-refractivity contribution in [2.45, 2.75) is 45.1 Å². The molecule has 1 atom stereocenters. The molecule has 1 heterocycles. The van der Waals surface area contributed by atoms with Crippen molar-refractivity contribution in [1.29, 1.82) is 0 Å². The Balaban J connectivity index is 0.00000288. The third kappa shape index (κ3) is 4.95. The summed E-state index contributed by atoms with van der Waals surface area (Å²) < 4.78 is 5.55. The molecule has 1 saturated heterocycles. The van der Waals surface area contributed by atoms with E-state index in [9.17, 15) is 4.79 Å². The average Bonchev–Trinajstić information content (AvgIpc) is 2.62. The maximum atomic E-state index is 12.5. The Bertz CT molecular complexity index is 485. The highest BCUT2D eigenvalue weighted by atomic mass is 35.5. The number of carbonyl (C=O) groups is 1. The third-order valence-electron chi connectivity index (χ3n) is 5.18. The van der Waals surface area contributed by atoms with Gasteiger partial charge in [-0.3, -0.25) is 9.69 Å². The zero-order chi connectivity index (χ0) is 16.7. The Morgan fingerprint density at radius 1 is 1.21 bits per heavy atom. The van der Waals surface area contributed by atoms with Crippen LogP contribution in [0.2, 0.25) is 0 Å². The minimum Gasteiger partial charge on any atom is -0.381 e. The van der Waals surface area contributed by atoms with Crippen molar-refractivity contribution in [3.05, 3.63) is 35.9 Å². The molecule has 1 aromatic carbocycles. The Kier molecular flexibility index (Phi) is 8.74. The maximum absolute atomic E-state index is 12.5. The molecule has 0 aliphatic carbocycles. The van der Waals surface area contributed by atoms with Gasteiger partial charge in [0.25, 0.3) is 0 Å². The zero-order valence-corrected chi connectivity index (χ0v) is 15.9. The first-order chi connectivity index (χ1) is 11.1. The first kappa shape index (κ1) is 20.9. The van der Waals surface area contributed by atoms with Crippen molar-refractivity contribution in [2.24, 2.45) is 0 Å². The number of rotatable bonds is 7. The van der Waals surface area contributed by atoms with E-state index in [1.165, 1.54) is 5.56 Å². The van der Waals surface area contributed by atoms with Gasteiger partial charge in [-0.2, -0.15) is 0 Å². The van der Waals surface area contributed by atoms with Crippen molar-refractivity contribution in [2.75, 3.05) is 32.8 Å². The van der Waals surface area contributed by atoms with E-state index >= 15 is 0 Å². The van der Waals surface area contributed by atoms with Gasteiger partial charge in [-0.25, -0.2) is 0 Å². The van der Waals surface area contributed by atoms with Gasteiger partial charge in [-0.05, 0) is 38.4 Å². The van der Waals surface area contributed by atoms with Crippen molar-refractivity contribution < 1.29 is 9.53 Å². The fourth-order valence-corrected chi connectivity index (χ4v) is 3.46. The van der Waals surface area contributed by atoms with E-state index in [-0.39, 0.29) is 29.8 Å². The number of nitrogens with zero attached hydrogens (tertiary/aromatic N) is 1. The van der Waals surface area contributed by atoms with Gasteiger partial charge in [-0.1, -0.05) is 44.2 Å². The second-order valence-corrected chi connectivity index (χ2v) is 6.37. The molecule has 1 unspecified atom stereocenters. The first-order valence-corrected chi connectivity index (χ1v) is 8.78. The molecule has 1 amide bonds. The lowest BCUT2D eigenvalue weighted by Gasteiger charge is -2.38. The summed E-state index contributed by atoms with van der Waals surface area (Å²) in [6, 6.07) is 10.5. The predicted molar refractivity (Wildman–Crippen MR) is 101 cm³/mol. The van der Waals surface area contributed by atoms with Crippen LogP contribution in [-0.2, 0) is 14.9 Å². The van der Waals surface area contributed by atoms with Gasteiger partial charge in [0.2, 0.25) is 5.91 Å². The minimum absolute atomic E-state index is 0. The lowest BCUT2D eigenvalue weighted by molar-refractivity contribution is -0.126. The van der Waals surface area contributed by atoms with Crippen LogP contribution in [0.5, 0.6) is 0 Å². The number of halogens is 1. The van der Waals surface area contributed by atoms with Gasteiger partial charge in [0.15, 0.2) is 0 Å². The summed E-state index contributed by atoms with van der Waals surface area (Å²) in [5, 5.41) is 3.20. The summed E-state index contributed by atoms with van der Waals surface area (Å²) in [5.74, 6) is 0.121. The molecular formula is C19H31ClN2O2. The minimum atomic E-state index is -0.0855. The third-order valence-corrected chi connectivity index (χ3v) is 5.18. The van der Waals surface area contributed by atoms with E-state index in [1.807, 2.05) is 13.0 Å². The number of hydrogen-bond donors (Lipinski definition) is 1. The van der Waals surface area contributed by atoms with E-state index < -0.39 is 0 Å². The van der Waals surface area contributed by atoms with E-state index in [1.54, 1.807) is 0 Å². The second kappa shape index (κ2) is 10.0. The van der Waals surface area contributed by atoms with E-state index in [0.29, 0.717) is 6.54 Å². The van der Waals surface area contributed by atoms with Crippen LogP contribution in [-0.4, -0.2) is 49.7 Å². The molecule has 5 heteroatoms. The molecule has 0 saturated carbocycles. The van der Waals surface area contributed by atoms with Crippen LogP contribution in [0.1, 0.15) is 39.2 Å². The highest BCUT2D eigenvalue weighted by Crippen LogP contribution is 2.34. The summed E-state index contributed by atoms with van der Waals surface area (Å²) in [6.45, 7) is 10.2. The Hall–Kier alpha value is -1.10. The molecular weight excluding hydrogens is 324 g/mol. The fraction of sp³-hybridized carbons (Fsp3) is 0.632. The highest BCUT2D eigenvalue weighted by molar-refractivity contribution is 5.85. The molecule has 0 bridgehead atoms. The number of hydrogen-bond acceptors (Lipinski definition) is 3. The SMILES string of the molecule is CCN(CC)C(C)C(=O)NCC1(c2ccccc2)CCOCC1.Cl. The Morgan fingerprint density at radius 3 is 2.33 bits per heavy atom. The standard InChI is InChI=1S/C19H30N2O2.ClH/c1-4-21(5-2)16(3)18(22)20-15-19(11-13-23-14-12-19)17-9-7-6-8-10-17;/h6-10,16H,4-5,11-15H2,1-3H3,(H,20,22);1H. The topological polar surface area (TPSA) is 41.6 Å². The number of likely N-dealkylation sites (N-methyl/N-ethyl adjacent to an activating group) is 1. The molecule has 2 rings (SSSR count). The van der Waals surface area contributed by atoms with Crippen molar-refractivity contribution >= 4 is 18.3 Å². The summed E-state index contributed by atoms with van der Waals surface area (Å²) in [5.41, 5.74) is 1.30. The second-order valence-electron chi connectivity index (χ2n) is 6.37. The van der Waals surface area contributed by atoms with Gasteiger partial charge >= 0.3 is 0 Å². The van der Waals surface area contributed by atoms with Crippen LogP contribution in [0, 0.1) is 0 Å². The Morgan fingerprint density at radius 2 is 1.79 bits per heavy atom. The van der Waals surface area contributed by atoms with Crippen LogP contribution in [0.4, 0.5) is 0 Å². The number of benzene rings is 1.